The molecule has 5 nitrogen and oxygen atoms in total. The lowest BCUT2D eigenvalue weighted by molar-refractivity contribution is -0.136. The summed E-state index contributed by atoms with van der Waals surface area (Å²) in [6.45, 7) is 0. The van der Waals surface area contributed by atoms with Gasteiger partial charge in [-0.2, -0.15) is 13.2 Å². The molecule has 0 saturated heterocycles. The second kappa shape index (κ2) is 7.09. The first-order chi connectivity index (χ1) is 12.3. The molecule has 2 aromatic carbocycles. The Bertz CT molecular complexity index is 926. The number of urea groups is 1. The Hall–Kier alpha value is -3.00. The summed E-state index contributed by atoms with van der Waals surface area (Å²) in [7, 11) is 0. The van der Waals surface area contributed by atoms with E-state index in [9.17, 15) is 18.0 Å². The number of nitrogens with zero attached hydrogens (tertiary/aromatic N) is 2. The van der Waals surface area contributed by atoms with Gasteiger partial charge < -0.3 is 15.2 Å². The van der Waals surface area contributed by atoms with Crippen molar-refractivity contribution in [3.63, 3.8) is 0 Å². The van der Waals surface area contributed by atoms with E-state index >= 15 is 0 Å². The average Bonchev–Trinajstić information content (AvgIpc) is 3.10. The third-order valence-electron chi connectivity index (χ3n) is 3.47. The Balaban J connectivity index is 1.84. The molecule has 0 unspecified atom stereocenters. The van der Waals surface area contributed by atoms with Crippen molar-refractivity contribution in [1.82, 2.24) is 9.55 Å². The highest BCUT2D eigenvalue weighted by Gasteiger charge is 2.34. The first kappa shape index (κ1) is 17.8. The van der Waals surface area contributed by atoms with E-state index in [2.05, 4.69) is 15.6 Å². The zero-order chi connectivity index (χ0) is 18.7. The summed E-state index contributed by atoms with van der Waals surface area (Å²) >= 11 is 5.63. The molecular weight excluding hydrogens is 369 g/mol. The van der Waals surface area contributed by atoms with E-state index in [-0.39, 0.29) is 10.7 Å². The summed E-state index contributed by atoms with van der Waals surface area (Å²) in [5.74, 6) is 0. The monoisotopic (exact) mass is 380 g/mol. The number of amides is 2. The van der Waals surface area contributed by atoms with Crippen LogP contribution in [0.1, 0.15) is 5.56 Å². The van der Waals surface area contributed by atoms with Crippen molar-refractivity contribution >= 4 is 29.0 Å². The van der Waals surface area contributed by atoms with Crippen LogP contribution in [0.25, 0.3) is 5.69 Å². The van der Waals surface area contributed by atoms with Crippen LogP contribution < -0.4 is 10.6 Å². The molecule has 134 valence electrons. The number of para-hydroxylation sites is 2. The van der Waals surface area contributed by atoms with E-state index in [0.717, 1.165) is 12.1 Å². The molecular formula is C17H12ClF3N4O. The first-order valence-electron chi connectivity index (χ1n) is 7.37. The van der Waals surface area contributed by atoms with Crippen LogP contribution >= 0.6 is 11.6 Å². The van der Waals surface area contributed by atoms with E-state index in [4.69, 9.17) is 11.6 Å². The van der Waals surface area contributed by atoms with Gasteiger partial charge in [-0.25, -0.2) is 9.78 Å². The fourth-order valence-corrected chi connectivity index (χ4v) is 2.51. The molecule has 26 heavy (non-hydrogen) atoms. The summed E-state index contributed by atoms with van der Waals surface area (Å²) in [6.07, 6.45) is 0.140. The molecule has 1 heterocycles. The van der Waals surface area contributed by atoms with Gasteiger partial charge in [-0.1, -0.05) is 23.7 Å². The number of halogens is 4. The molecule has 2 amide bonds. The maximum absolute atomic E-state index is 13.1. The van der Waals surface area contributed by atoms with Gasteiger partial charge in [0.2, 0.25) is 0 Å². The van der Waals surface area contributed by atoms with Gasteiger partial charge in [0.25, 0.3) is 0 Å². The summed E-state index contributed by atoms with van der Waals surface area (Å²) in [5.41, 5.74) is -0.389. The van der Waals surface area contributed by atoms with E-state index in [1.54, 1.807) is 47.6 Å². The number of anilines is 2. The quantitative estimate of drug-likeness (QED) is 0.657. The number of hydrogen-bond acceptors (Lipinski definition) is 2. The fraction of sp³-hybridized carbons (Fsp3) is 0.0588. The average molecular weight is 381 g/mol. The molecule has 0 aliphatic rings. The summed E-state index contributed by atoms with van der Waals surface area (Å²) in [4.78, 5) is 16.2. The minimum Gasteiger partial charge on any atom is -0.307 e. The van der Waals surface area contributed by atoms with Crippen LogP contribution in [0.3, 0.4) is 0 Å². The maximum atomic E-state index is 13.1. The predicted molar refractivity (Wildman–Crippen MR) is 92.7 cm³/mol. The number of nitrogens with one attached hydrogen (secondary N) is 2. The van der Waals surface area contributed by atoms with Crippen LogP contribution in [0.2, 0.25) is 5.02 Å². The molecule has 0 aliphatic carbocycles. The minimum absolute atomic E-state index is 0.0752. The zero-order valence-corrected chi connectivity index (χ0v) is 13.8. The van der Waals surface area contributed by atoms with Crippen molar-refractivity contribution in [2.45, 2.75) is 6.18 Å². The Morgan fingerprint density at radius 2 is 1.81 bits per heavy atom. The lowest BCUT2D eigenvalue weighted by atomic mass is 10.1. The van der Waals surface area contributed by atoms with Crippen molar-refractivity contribution in [2.75, 3.05) is 10.6 Å². The third kappa shape index (κ3) is 3.97. The molecule has 0 radical (unpaired) electrons. The maximum Gasteiger partial charge on any atom is 0.418 e. The van der Waals surface area contributed by atoms with Crippen LogP contribution in [-0.4, -0.2) is 15.6 Å². The second-order valence-corrected chi connectivity index (χ2v) is 5.69. The van der Waals surface area contributed by atoms with Crippen LogP contribution in [0.5, 0.6) is 0 Å². The smallest absolute Gasteiger partial charge is 0.307 e. The summed E-state index contributed by atoms with van der Waals surface area (Å²) in [5, 5.41) is 4.68. The van der Waals surface area contributed by atoms with Gasteiger partial charge in [-0.3, -0.25) is 0 Å². The molecule has 3 rings (SSSR count). The van der Waals surface area contributed by atoms with Crippen molar-refractivity contribution in [1.29, 1.82) is 0 Å². The molecule has 0 aliphatic heterocycles. The van der Waals surface area contributed by atoms with Gasteiger partial charge in [0, 0.05) is 17.4 Å². The predicted octanol–water partition coefficient (Wildman–Crippen LogP) is 5.19. The number of alkyl halides is 3. The van der Waals surface area contributed by atoms with Crippen LogP contribution in [-0.2, 0) is 6.18 Å². The normalized spacial score (nSPS) is 11.2. The van der Waals surface area contributed by atoms with Crippen molar-refractivity contribution in [2.24, 2.45) is 0 Å². The van der Waals surface area contributed by atoms with Gasteiger partial charge >= 0.3 is 12.2 Å². The number of carbonyl (C=O) groups is 1. The highest BCUT2D eigenvalue weighted by atomic mass is 35.5. The highest BCUT2D eigenvalue weighted by Crippen LogP contribution is 2.36. The van der Waals surface area contributed by atoms with Crippen molar-refractivity contribution in [3.05, 3.63) is 71.8 Å². The lowest BCUT2D eigenvalue weighted by Gasteiger charge is -2.16. The van der Waals surface area contributed by atoms with Crippen LogP contribution in [0.15, 0.2) is 61.2 Å². The standard InChI is InChI=1S/C17H12ClF3N4O/c18-11-5-6-13(12(9-11)17(19,20)21)23-16(26)24-14-3-1-2-4-15(14)25-8-7-22-10-25/h1-10H,(H2,23,24,26). The molecule has 0 saturated carbocycles. The van der Waals surface area contributed by atoms with Gasteiger partial charge in [0.15, 0.2) is 0 Å². The Morgan fingerprint density at radius 3 is 2.50 bits per heavy atom. The van der Waals surface area contributed by atoms with Gasteiger partial charge in [0.1, 0.15) is 0 Å². The Labute approximate surface area is 151 Å². The fourth-order valence-electron chi connectivity index (χ4n) is 2.34. The van der Waals surface area contributed by atoms with Gasteiger partial charge in [0.05, 0.1) is 29.0 Å². The SMILES string of the molecule is O=C(Nc1ccccc1-n1ccnc1)Nc1ccc(Cl)cc1C(F)(F)F. The van der Waals surface area contributed by atoms with Crippen molar-refractivity contribution in [3.8, 4) is 5.69 Å². The molecule has 0 bridgehead atoms. The minimum atomic E-state index is -4.65. The summed E-state index contributed by atoms with van der Waals surface area (Å²) < 4.78 is 41.0. The molecule has 2 N–H and O–H groups in total. The van der Waals surface area contributed by atoms with Crippen LogP contribution in [0.4, 0.5) is 29.3 Å². The highest BCUT2D eigenvalue weighted by molar-refractivity contribution is 6.30. The Morgan fingerprint density at radius 1 is 1.08 bits per heavy atom. The number of benzene rings is 2. The van der Waals surface area contributed by atoms with E-state index in [1.165, 1.54) is 6.07 Å². The van der Waals surface area contributed by atoms with E-state index in [1.807, 2.05) is 0 Å². The lowest BCUT2D eigenvalue weighted by Crippen LogP contribution is -2.22. The zero-order valence-electron chi connectivity index (χ0n) is 13.1. The second-order valence-electron chi connectivity index (χ2n) is 5.25. The molecule has 9 heteroatoms. The van der Waals surface area contributed by atoms with E-state index in [0.29, 0.717) is 11.4 Å². The van der Waals surface area contributed by atoms with Gasteiger partial charge in [-0.05, 0) is 30.3 Å². The number of imidazole rings is 1. The Kier molecular flexibility index (Phi) is 4.85. The van der Waals surface area contributed by atoms with E-state index < -0.39 is 17.8 Å². The first-order valence-corrected chi connectivity index (χ1v) is 7.74. The van der Waals surface area contributed by atoms with Crippen LogP contribution in [0, 0.1) is 0 Å². The molecule has 0 atom stereocenters. The molecule has 1 aromatic heterocycles. The molecule has 3 aromatic rings. The molecule has 0 spiro atoms. The number of aromatic nitrogens is 2. The number of hydrogen-bond donors (Lipinski definition) is 2. The third-order valence-corrected chi connectivity index (χ3v) is 3.71. The summed E-state index contributed by atoms with van der Waals surface area (Å²) in [6, 6.07) is 9.14. The largest absolute Gasteiger partial charge is 0.418 e. The number of rotatable bonds is 3. The molecule has 0 fully saturated rings. The van der Waals surface area contributed by atoms with Crippen molar-refractivity contribution < 1.29 is 18.0 Å². The number of carbonyl (C=O) groups excluding carboxylic acids is 1. The topological polar surface area (TPSA) is 59.0 Å². The van der Waals surface area contributed by atoms with Gasteiger partial charge in [-0.15, -0.1) is 0 Å².